The number of nitrogens with one attached hydrogen (secondary N) is 1. The SMILES string of the molecule is COc1cccc(C#N)c1Nc1c(C#N)c(C)nn1C. The van der Waals surface area contributed by atoms with Crippen molar-refractivity contribution in [1.82, 2.24) is 9.78 Å². The van der Waals surface area contributed by atoms with Crippen molar-refractivity contribution < 1.29 is 4.74 Å². The molecule has 2 aromatic rings. The van der Waals surface area contributed by atoms with Crippen LogP contribution in [0.1, 0.15) is 16.8 Å². The fraction of sp³-hybridized carbons (Fsp3) is 0.214. The first-order valence-corrected chi connectivity index (χ1v) is 5.90. The van der Waals surface area contributed by atoms with Gasteiger partial charge in [0, 0.05) is 7.05 Å². The molecule has 1 heterocycles. The average molecular weight is 267 g/mol. The topological polar surface area (TPSA) is 86.7 Å². The molecule has 0 radical (unpaired) electrons. The Morgan fingerprint density at radius 1 is 1.30 bits per heavy atom. The second-order valence-corrected chi connectivity index (χ2v) is 4.16. The van der Waals surface area contributed by atoms with E-state index < -0.39 is 0 Å². The second-order valence-electron chi connectivity index (χ2n) is 4.16. The Kier molecular flexibility index (Phi) is 3.58. The van der Waals surface area contributed by atoms with Crippen molar-refractivity contribution in [1.29, 1.82) is 10.5 Å². The molecular weight excluding hydrogens is 254 g/mol. The van der Waals surface area contributed by atoms with Gasteiger partial charge < -0.3 is 10.1 Å². The zero-order valence-corrected chi connectivity index (χ0v) is 11.4. The van der Waals surface area contributed by atoms with Gasteiger partial charge in [-0.05, 0) is 19.1 Å². The third kappa shape index (κ3) is 2.15. The van der Waals surface area contributed by atoms with Crippen LogP contribution in [0.4, 0.5) is 11.5 Å². The van der Waals surface area contributed by atoms with Crippen LogP contribution < -0.4 is 10.1 Å². The Balaban J connectivity index is 2.57. The van der Waals surface area contributed by atoms with Crippen LogP contribution in [0.15, 0.2) is 18.2 Å². The Morgan fingerprint density at radius 2 is 2.05 bits per heavy atom. The quantitative estimate of drug-likeness (QED) is 0.921. The van der Waals surface area contributed by atoms with E-state index in [9.17, 15) is 10.5 Å². The van der Waals surface area contributed by atoms with E-state index in [0.29, 0.717) is 34.1 Å². The Labute approximate surface area is 116 Å². The molecule has 0 saturated heterocycles. The maximum atomic E-state index is 9.20. The van der Waals surface area contributed by atoms with Gasteiger partial charge in [-0.15, -0.1) is 0 Å². The lowest BCUT2D eigenvalue weighted by molar-refractivity contribution is 0.416. The summed E-state index contributed by atoms with van der Waals surface area (Å²) in [5.41, 5.74) is 2.04. The molecule has 0 atom stereocenters. The van der Waals surface area contributed by atoms with E-state index in [1.807, 2.05) is 0 Å². The lowest BCUT2D eigenvalue weighted by Crippen LogP contribution is -2.03. The monoisotopic (exact) mass is 267 g/mol. The minimum absolute atomic E-state index is 0.437. The van der Waals surface area contributed by atoms with Crippen molar-refractivity contribution in [3.8, 4) is 17.9 Å². The first-order valence-electron chi connectivity index (χ1n) is 5.90. The fourth-order valence-electron chi connectivity index (χ4n) is 1.98. The number of anilines is 2. The van der Waals surface area contributed by atoms with Crippen molar-refractivity contribution in [3.05, 3.63) is 35.0 Å². The highest BCUT2D eigenvalue weighted by Crippen LogP contribution is 2.32. The summed E-state index contributed by atoms with van der Waals surface area (Å²) in [6, 6.07) is 9.38. The van der Waals surface area contributed by atoms with Gasteiger partial charge in [0.25, 0.3) is 0 Å². The minimum atomic E-state index is 0.437. The Morgan fingerprint density at radius 3 is 2.65 bits per heavy atom. The summed E-state index contributed by atoms with van der Waals surface area (Å²) >= 11 is 0. The zero-order valence-electron chi connectivity index (χ0n) is 11.4. The summed E-state index contributed by atoms with van der Waals surface area (Å²) in [7, 11) is 3.26. The number of hydrogen-bond donors (Lipinski definition) is 1. The van der Waals surface area contributed by atoms with Gasteiger partial charge in [-0.25, -0.2) is 0 Å². The summed E-state index contributed by atoms with van der Waals surface area (Å²) < 4.78 is 6.82. The smallest absolute Gasteiger partial charge is 0.146 e. The number of benzene rings is 1. The van der Waals surface area contributed by atoms with Gasteiger partial charge in [-0.1, -0.05) is 6.07 Å². The molecule has 20 heavy (non-hydrogen) atoms. The normalized spacial score (nSPS) is 9.65. The first-order chi connectivity index (χ1) is 9.62. The van der Waals surface area contributed by atoms with Gasteiger partial charge >= 0.3 is 0 Å². The molecule has 0 aliphatic rings. The molecule has 0 unspecified atom stereocenters. The number of ether oxygens (including phenoxy) is 1. The Hall–Kier alpha value is -2.99. The third-order valence-electron chi connectivity index (χ3n) is 2.94. The van der Waals surface area contributed by atoms with E-state index >= 15 is 0 Å². The van der Waals surface area contributed by atoms with Crippen LogP contribution in [-0.4, -0.2) is 16.9 Å². The molecule has 1 aromatic carbocycles. The van der Waals surface area contributed by atoms with Gasteiger partial charge in [-0.3, -0.25) is 4.68 Å². The molecule has 1 N–H and O–H groups in total. The maximum Gasteiger partial charge on any atom is 0.146 e. The number of methoxy groups -OCH3 is 1. The standard InChI is InChI=1S/C14H13N5O/c1-9-11(8-16)14(19(2)18-9)17-13-10(7-15)5-4-6-12(13)20-3/h4-6,17H,1-3H3. The number of rotatable bonds is 3. The van der Waals surface area contributed by atoms with Crippen molar-refractivity contribution in [2.45, 2.75) is 6.92 Å². The molecule has 0 saturated carbocycles. The number of para-hydroxylation sites is 1. The molecule has 6 heteroatoms. The van der Waals surface area contributed by atoms with E-state index in [-0.39, 0.29) is 0 Å². The van der Waals surface area contributed by atoms with Crippen LogP contribution in [0.3, 0.4) is 0 Å². The molecule has 6 nitrogen and oxygen atoms in total. The number of aromatic nitrogens is 2. The number of aryl methyl sites for hydroxylation is 2. The van der Waals surface area contributed by atoms with Crippen molar-refractivity contribution >= 4 is 11.5 Å². The molecule has 0 fully saturated rings. The van der Waals surface area contributed by atoms with Crippen LogP contribution in [0.2, 0.25) is 0 Å². The highest BCUT2D eigenvalue weighted by Gasteiger charge is 2.16. The molecule has 0 aliphatic heterocycles. The van der Waals surface area contributed by atoms with Crippen LogP contribution in [0, 0.1) is 29.6 Å². The predicted molar refractivity (Wildman–Crippen MR) is 73.7 cm³/mol. The van der Waals surface area contributed by atoms with E-state index in [0.717, 1.165) is 0 Å². The lowest BCUT2D eigenvalue weighted by Gasteiger charge is -2.12. The van der Waals surface area contributed by atoms with Gasteiger partial charge in [-0.2, -0.15) is 15.6 Å². The molecule has 0 spiro atoms. The van der Waals surface area contributed by atoms with Crippen molar-refractivity contribution in [2.75, 3.05) is 12.4 Å². The summed E-state index contributed by atoms with van der Waals surface area (Å²) in [6.07, 6.45) is 0. The Bertz CT molecular complexity index is 733. The van der Waals surface area contributed by atoms with E-state index in [1.165, 1.54) is 7.11 Å². The van der Waals surface area contributed by atoms with E-state index in [1.54, 1.807) is 36.9 Å². The van der Waals surface area contributed by atoms with Crippen LogP contribution in [0.5, 0.6) is 5.75 Å². The molecule has 0 bridgehead atoms. The number of nitrogens with zero attached hydrogens (tertiary/aromatic N) is 4. The van der Waals surface area contributed by atoms with E-state index in [4.69, 9.17) is 4.74 Å². The minimum Gasteiger partial charge on any atom is -0.495 e. The predicted octanol–water partition coefficient (Wildman–Crippen LogP) is 2.22. The number of nitriles is 2. The summed E-state index contributed by atoms with van der Waals surface area (Å²) in [6.45, 7) is 1.76. The van der Waals surface area contributed by atoms with Gasteiger partial charge in [0.1, 0.15) is 35.0 Å². The maximum absolute atomic E-state index is 9.20. The largest absolute Gasteiger partial charge is 0.495 e. The molecule has 2 rings (SSSR count). The average Bonchev–Trinajstić information content (AvgIpc) is 2.72. The lowest BCUT2D eigenvalue weighted by atomic mass is 10.1. The van der Waals surface area contributed by atoms with Crippen molar-refractivity contribution in [3.63, 3.8) is 0 Å². The molecule has 100 valence electrons. The van der Waals surface area contributed by atoms with Crippen molar-refractivity contribution in [2.24, 2.45) is 7.05 Å². The van der Waals surface area contributed by atoms with Gasteiger partial charge in [0.15, 0.2) is 0 Å². The van der Waals surface area contributed by atoms with Gasteiger partial charge in [0.2, 0.25) is 0 Å². The fourth-order valence-corrected chi connectivity index (χ4v) is 1.98. The van der Waals surface area contributed by atoms with Crippen LogP contribution in [0.25, 0.3) is 0 Å². The molecular formula is C14H13N5O. The zero-order chi connectivity index (χ0) is 14.7. The van der Waals surface area contributed by atoms with Crippen LogP contribution >= 0.6 is 0 Å². The van der Waals surface area contributed by atoms with Crippen LogP contribution in [-0.2, 0) is 7.05 Å². The molecule has 1 aromatic heterocycles. The highest BCUT2D eigenvalue weighted by molar-refractivity contribution is 5.74. The first kappa shape index (κ1) is 13.4. The molecule has 0 aliphatic carbocycles. The summed E-state index contributed by atoms with van der Waals surface area (Å²) in [4.78, 5) is 0. The second kappa shape index (κ2) is 5.33. The van der Waals surface area contributed by atoms with E-state index in [2.05, 4.69) is 22.6 Å². The highest BCUT2D eigenvalue weighted by atomic mass is 16.5. The third-order valence-corrected chi connectivity index (χ3v) is 2.94. The number of hydrogen-bond acceptors (Lipinski definition) is 5. The summed E-state index contributed by atoms with van der Waals surface area (Å²) in [5.74, 6) is 1.07. The van der Waals surface area contributed by atoms with Gasteiger partial charge in [0.05, 0.1) is 18.4 Å². The molecule has 0 amide bonds. The summed E-state index contributed by atoms with van der Waals surface area (Å²) in [5, 5.41) is 25.7.